The van der Waals surface area contributed by atoms with Crippen LogP contribution in [0.3, 0.4) is 0 Å². The number of benzene rings is 8. The van der Waals surface area contributed by atoms with Crippen LogP contribution in [0.1, 0.15) is 71.9 Å². The number of nitro benzene ring substituents is 6. The Balaban J connectivity index is 0.000000129. The van der Waals surface area contributed by atoms with Gasteiger partial charge >= 0.3 is 0 Å². The van der Waals surface area contributed by atoms with Gasteiger partial charge in [0.05, 0.1) is 50.0 Å². The number of nitro groups is 6. The highest BCUT2D eigenvalue weighted by molar-refractivity contribution is 6.04. The molecule has 8 aromatic carbocycles. The van der Waals surface area contributed by atoms with Crippen LogP contribution in [0.25, 0.3) is 89.0 Å². The van der Waals surface area contributed by atoms with E-state index in [1.54, 1.807) is 107 Å². The smallest absolute Gasteiger partial charge is 0.293 e. The zero-order chi connectivity index (χ0) is 100. The minimum Gasteiger partial charge on any atom is -0.497 e. The number of aryl methyl sites for hydroxylation is 6. The van der Waals surface area contributed by atoms with Crippen molar-refractivity contribution in [2.45, 2.75) is 77.0 Å². The molecule has 6 aromatic heterocycles. The number of rotatable bonds is 16. The first-order valence-electron chi connectivity index (χ1n) is 43.3. The number of aromatic nitrogens is 8. The lowest BCUT2D eigenvalue weighted by Crippen LogP contribution is -2.31. The highest BCUT2D eigenvalue weighted by Crippen LogP contribution is 2.47. The summed E-state index contributed by atoms with van der Waals surface area (Å²) in [6.07, 6.45) is 26.5. The maximum Gasteiger partial charge on any atom is 0.293 e. The van der Waals surface area contributed by atoms with Crippen LogP contribution in [0.2, 0.25) is 0 Å². The molecule has 0 aliphatic carbocycles. The summed E-state index contributed by atoms with van der Waals surface area (Å²) < 4.78 is 37.3. The fourth-order valence-electron chi connectivity index (χ4n) is 16.8. The average Bonchev–Trinajstić information content (AvgIpc) is 0.789. The Morgan fingerprint density at radius 2 is 0.603 bits per heavy atom. The average molecular weight is 1910 g/mol. The molecular formula is C99H80F2N20O20. The number of hydrogen-bond donors (Lipinski definition) is 3. The molecule has 0 atom stereocenters. The molecule has 40 nitrogen and oxygen atoms in total. The van der Waals surface area contributed by atoms with E-state index in [-0.39, 0.29) is 87.4 Å². The van der Waals surface area contributed by atoms with Gasteiger partial charge in [-0.05, 0) is 201 Å². The molecule has 141 heavy (non-hydrogen) atoms. The second kappa shape index (κ2) is 42.4. The van der Waals surface area contributed by atoms with Crippen molar-refractivity contribution in [3.05, 3.63) is 338 Å². The SMILES string of the molecule is CN1C(=O)CCc2cc(-c3cccnc3)cc([N+](=O)[O-])c21.CN1C(=O)CCc2cc(-c3cncc(F)c3)cc([N+](=O)[O-])c21.CN1C(=O)CCc2cc(-c3cncnc3)cc([N+](=O)[O-])c21.COc1cc(-c2cncc(-c3cc4c(c([N+](=O)[O-])c3)NC(=O)CC4)c2)ccc1F.COc1cccc(-c2cncc(-c3cc4c(c([N+](=O)[O-])c3)NC(=O)CC4)c2)c1.O=C1CCc2cc(-c3cncnc3)cc([N+](=O)[O-])c2N1. The van der Waals surface area contributed by atoms with Crippen LogP contribution in [-0.4, -0.2) is 140 Å². The summed E-state index contributed by atoms with van der Waals surface area (Å²) in [5, 5.41) is 76.1. The van der Waals surface area contributed by atoms with E-state index < -0.39 is 41.2 Å². The van der Waals surface area contributed by atoms with Crippen LogP contribution < -0.4 is 40.1 Å². The van der Waals surface area contributed by atoms with Gasteiger partial charge in [0, 0.05) is 209 Å². The summed E-state index contributed by atoms with van der Waals surface area (Å²) in [6.45, 7) is 0. The first-order valence-corrected chi connectivity index (χ1v) is 43.3. The Morgan fingerprint density at radius 1 is 0.291 bits per heavy atom. The summed E-state index contributed by atoms with van der Waals surface area (Å²) in [5.74, 6) is -1.12. The number of carbonyl (C=O) groups excluding carboxylic acids is 6. The molecule has 0 saturated heterocycles. The summed E-state index contributed by atoms with van der Waals surface area (Å²) >= 11 is 0. The predicted octanol–water partition coefficient (Wildman–Crippen LogP) is 17.7. The van der Waals surface area contributed by atoms with Gasteiger partial charge in [0.2, 0.25) is 35.4 Å². The summed E-state index contributed by atoms with van der Waals surface area (Å²) in [5.41, 5.74) is 17.2. The molecule has 0 fully saturated rings. The van der Waals surface area contributed by atoms with Crippen molar-refractivity contribution in [1.82, 2.24) is 39.9 Å². The molecular weight excluding hydrogens is 1830 g/mol. The molecule has 12 heterocycles. The Morgan fingerprint density at radius 3 is 0.957 bits per heavy atom. The summed E-state index contributed by atoms with van der Waals surface area (Å²) in [6, 6.07) is 40.5. The predicted molar refractivity (Wildman–Crippen MR) is 513 cm³/mol. The number of halogens is 2. The van der Waals surface area contributed by atoms with E-state index in [1.807, 2.05) is 72.8 Å². The van der Waals surface area contributed by atoms with Gasteiger partial charge in [-0.3, -0.25) is 109 Å². The topological polar surface area (TPSA) is 529 Å². The monoisotopic (exact) mass is 1910 g/mol. The van der Waals surface area contributed by atoms with Crippen molar-refractivity contribution in [2.24, 2.45) is 0 Å². The van der Waals surface area contributed by atoms with Crippen molar-refractivity contribution in [1.29, 1.82) is 0 Å². The lowest BCUT2D eigenvalue weighted by Gasteiger charge is -2.25. The standard InChI is InChI=1S/C21H16FN3O4.C21H17N3O4.C15H12FN3O3.C15H13N3O3.C14H12N4O3.C13H10N4O3/c1-29-19-9-12(2-4-17(19)22)15-7-16(11-23-10-15)14-6-13-3-5-20(26)24-21(13)18(8-14)25(27)28;1-28-18-4-2-3-13(9-18)16-8-17(12-22-11-16)15-7-14-5-6-20(25)23-21(14)19(10-15)24(26)27;1-18-14(20)3-2-9-4-10(6-13(15(9)18)19(21)22)11-5-12(16)8-17-7-11;1-17-14(19)5-4-10-7-12(11-3-2-6-16-9-11)8-13(15(10)17)18(20)21;1-17-13(19)3-2-9-4-10(11-6-15-8-16-7-11)5-12(14(9)17)18(20)21;18-12-2-1-8-3-9(10-5-14-7-15-6-10)4-11(17(19)20)13(8)16-12/h2,4,6-11H,3,5H2,1H3,(H,24,26);2-4,7-12H,5-6H2,1H3,(H,23,25);4-8H,2-3H2,1H3;2-3,6-9H,4-5H2,1H3;4-8H,2-3H2,1H3;3-7H,1-2H2,(H,16,18). The van der Waals surface area contributed by atoms with Gasteiger partial charge < -0.3 is 40.1 Å². The number of nitrogens with one attached hydrogen (secondary N) is 3. The van der Waals surface area contributed by atoms with Crippen LogP contribution in [0.4, 0.5) is 77.0 Å². The van der Waals surface area contributed by atoms with Gasteiger partial charge in [-0.2, -0.15) is 0 Å². The number of nitrogens with zero attached hydrogens (tertiary/aromatic N) is 17. The van der Waals surface area contributed by atoms with Gasteiger partial charge in [0.1, 0.15) is 58.3 Å². The molecule has 14 aromatic rings. The number of methoxy groups -OCH3 is 2. The minimum absolute atomic E-state index is 0.0399. The molecule has 0 spiro atoms. The first-order chi connectivity index (χ1) is 67.8. The van der Waals surface area contributed by atoms with Crippen molar-refractivity contribution in [3.63, 3.8) is 0 Å². The van der Waals surface area contributed by atoms with Crippen LogP contribution >= 0.6 is 0 Å². The number of pyridine rings is 4. The van der Waals surface area contributed by atoms with E-state index >= 15 is 0 Å². The van der Waals surface area contributed by atoms with E-state index in [1.165, 1.54) is 96.2 Å². The Bertz CT molecular complexity index is 7290. The fraction of sp³-hybridized carbons (Fsp3) is 0.172. The normalized spacial score (nSPS) is 13.4. The molecule has 6 amide bonds. The third-order valence-corrected chi connectivity index (χ3v) is 23.7. The van der Waals surface area contributed by atoms with Crippen LogP contribution in [0.5, 0.6) is 11.5 Å². The molecule has 0 saturated carbocycles. The molecule has 3 N–H and O–H groups in total. The van der Waals surface area contributed by atoms with Crippen molar-refractivity contribution >= 4 is 104 Å². The number of carbonyl (C=O) groups is 6. The number of hydrogen-bond acceptors (Lipinski definition) is 28. The van der Waals surface area contributed by atoms with E-state index in [9.17, 15) is 98.2 Å². The lowest BCUT2D eigenvalue weighted by molar-refractivity contribution is -0.384. The van der Waals surface area contributed by atoms with Gasteiger partial charge in [0.25, 0.3) is 34.1 Å². The molecule has 0 unspecified atom stereocenters. The van der Waals surface area contributed by atoms with Gasteiger partial charge in [-0.25, -0.2) is 28.7 Å². The largest absolute Gasteiger partial charge is 0.497 e. The maximum atomic E-state index is 13.7. The molecule has 0 bridgehead atoms. The number of fused-ring (bicyclic) bond motifs is 6. The van der Waals surface area contributed by atoms with Crippen LogP contribution in [-0.2, 0) is 67.3 Å². The molecule has 6 aliphatic heterocycles. The Hall–Kier alpha value is -18.8. The maximum absolute atomic E-state index is 13.7. The second-order valence-corrected chi connectivity index (χ2v) is 32.5. The molecule has 6 aliphatic rings. The van der Waals surface area contributed by atoms with E-state index in [4.69, 9.17) is 9.47 Å². The van der Waals surface area contributed by atoms with Crippen LogP contribution in [0.15, 0.2) is 233 Å². The highest BCUT2D eigenvalue weighted by atomic mass is 19.1. The van der Waals surface area contributed by atoms with Crippen molar-refractivity contribution in [3.8, 4) is 101 Å². The molecule has 20 rings (SSSR count). The van der Waals surface area contributed by atoms with Gasteiger partial charge in [0.15, 0.2) is 11.6 Å². The van der Waals surface area contributed by atoms with E-state index in [0.717, 1.165) is 67.6 Å². The van der Waals surface area contributed by atoms with Crippen molar-refractivity contribution < 1.29 is 76.6 Å². The second-order valence-electron chi connectivity index (χ2n) is 32.5. The Labute approximate surface area is 798 Å². The van der Waals surface area contributed by atoms with Crippen LogP contribution in [0, 0.1) is 72.3 Å². The number of amides is 6. The third-order valence-electron chi connectivity index (χ3n) is 23.7. The lowest BCUT2D eigenvalue weighted by atomic mass is 9.95. The minimum atomic E-state index is -0.524. The molecule has 42 heteroatoms. The molecule has 710 valence electrons. The quantitative estimate of drug-likeness (QED) is 0.0597. The first kappa shape index (κ1) is 96.8. The zero-order valence-electron chi connectivity index (χ0n) is 75.4. The van der Waals surface area contributed by atoms with Gasteiger partial charge in [-0.1, -0.05) is 24.3 Å². The third kappa shape index (κ3) is 21.9. The summed E-state index contributed by atoms with van der Waals surface area (Å²) in [7, 11) is 7.67. The van der Waals surface area contributed by atoms with E-state index in [0.29, 0.717) is 166 Å². The molecule has 0 radical (unpaired) electrons. The van der Waals surface area contributed by atoms with Crippen molar-refractivity contribution in [2.75, 3.05) is 66.0 Å². The fourth-order valence-corrected chi connectivity index (χ4v) is 16.8. The van der Waals surface area contributed by atoms with Gasteiger partial charge in [-0.15, -0.1) is 0 Å². The number of ether oxygens (including phenoxy) is 2. The Kier molecular flexibility index (Phi) is 29.1. The van der Waals surface area contributed by atoms with E-state index in [2.05, 4.69) is 55.8 Å². The zero-order valence-corrected chi connectivity index (χ0v) is 75.4. The highest BCUT2D eigenvalue weighted by Gasteiger charge is 2.36. The summed E-state index contributed by atoms with van der Waals surface area (Å²) in [4.78, 5) is 172. The number of anilines is 6.